The lowest BCUT2D eigenvalue weighted by Gasteiger charge is -2.11. The van der Waals surface area contributed by atoms with Crippen LogP contribution in [0, 0.1) is 0 Å². The Hall–Kier alpha value is -3.22. The van der Waals surface area contributed by atoms with E-state index in [0.29, 0.717) is 28.9 Å². The molecule has 0 saturated heterocycles. The molecule has 2 amide bonds. The maximum atomic E-state index is 12.5. The van der Waals surface area contributed by atoms with Crippen LogP contribution in [-0.4, -0.2) is 41.0 Å². The lowest BCUT2D eigenvalue weighted by atomic mass is 10.1. The van der Waals surface area contributed by atoms with Crippen molar-refractivity contribution in [3.8, 4) is 0 Å². The van der Waals surface area contributed by atoms with E-state index in [1.807, 2.05) is 6.92 Å². The normalized spacial score (nSPS) is 10.7. The van der Waals surface area contributed by atoms with Gasteiger partial charge in [0, 0.05) is 31.5 Å². The second-order valence-corrected chi connectivity index (χ2v) is 5.79. The van der Waals surface area contributed by atoms with Gasteiger partial charge in [-0.05, 0) is 30.7 Å². The van der Waals surface area contributed by atoms with Gasteiger partial charge in [-0.3, -0.25) is 9.59 Å². The molecule has 3 aromatic rings. The number of rotatable bonds is 4. The summed E-state index contributed by atoms with van der Waals surface area (Å²) in [5, 5.41) is 7.45. The molecule has 0 atom stereocenters. The third kappa shape index (κ3) is 3.35. The monoisotopic (exact) mass is 338 g/mol. The third-order valence-corrected chi connectivity index (χ3v) is 3.77. The van der Waals surface area contributed by atoms with Crippen molar-refractivity contribution in [2.75, 3.05) is 19.4 Å². The quantitative estimate of drug-likeness (QED) is 0.790. The second kappa shape index (κ2) is 6.72. The van der Waals surface area contributed by atoms with Crippen LogP contribution < -0.4 is 5.32 Å². The van der Waals surface area contributed by atoms with Gasteiger partial charge in [-0.25, -0.2) is 4.98 Å². The molecule has 25 heavy (non-hydrogen) atoms. The Balaban J connectivity index is 1.85. The number of nitrogens with zero attached hydrogens (tertiary/aromatic N) is 3. The van der Waals surface area contributed by atoms with Gasteiger partial charge < -0.3 is 14.7 Å². The smallest absolute Gasteiger partial charge is 0.257 e. The molecule has 0 saturated carbocycles. The van der Waals surface area contributed by atoms with Crippen molar-refractivity contribution in [3.05, 3.63) is 53.3 Å². The molecule has 0 aliphatic rings. The topological polar surface area (TPSA) is 88.3 Å². The Morgan fingerprint density at radius 1 is 1.20 bits per heavy atom. The fourth-order valence-corrected chi connectivity index (χ4v) is 2.45. The predicted octanol–water partition coefficient (Wildman–Crippen LogP) is 2.74. The predicted molar refractivity (Wildman–Crippen MR) is 93.6 cm³/mol. The highest BCUT2D eigenvalue weighted by Gasteiger charge is 2.14. The lowest BCUT2D eigenvalue weighted by molar-refractivity contribution is 0.0827. The van der Waals surface area contributed by atoms with E-state index in [-0.39, 0.29) is 11.8 Å². The van der Waals surface area contributed by atoms with Crippen molar-refractivity contribution in [2.24, 2.45) is 0 Å². The maximum absolute atomic E-state index is 12.5. The summed E-state index contributed by atoms with van der Waals surface area (Å²) in [4.78, 5) is 30.1. The van der Waals surface area contributed by atoms with Gasteiger partial charge in [0.05, 0.1) is 16.6 Å². The number of aryl methyl sites for hydroxylation is 1. The molecule has 0 bridgehead atoms. The van der Waals surface area contributed by atoms with Crippen LogP contribution in [0.3, 0.4) is 0 Å². The molecule has 128 valence electrons. The van der Waals surface area contributed by atoms with Crippen LogP contribution in [0.4, 0.5) is 5.69 Å². The average molecular weight is 338 g/mol. The number of hydrogen-bond acceptors (Lipinski definition) is 5. The molecule has 7 heteroatoms. The highest BCUT2D eigenvalue weighted by atomic mass is 16.5. The molecule has 1 aromatic carbocycles. The zero-order chi connectivity index (χ0) is 18.0. The summed E-state index contributed by atoms with van der Waals surface area (Å²) in [7, 11) is 3.36. The number of amides is 2. The molecule has 2 heterocycles. The highest BCUT2D eigenvalue weighted by Crippen LogP contribution is 2.19. The average Bonchev–Trinajstić information content (AvgIpc) is 3.03. The molecule has 0 unspecified atom stereocenters. The molecule has 0 fully saturated rings. The second-order valence-electron chi connectivity index (χ2n) is 5.79. The summed E-state index contributed by atoms with van der Waals surface area (Å²) in [6, 6.07) is 8.51. The molecule has 0 aliphatic heterocycles. The highest BCUT2D eigenvalue weighted by molar-refractivity contribution is 6.06. The number of carbonyl (C=O) groups is 2. The van der Waals surface area contributed by atoms with Crippen LogP contribution in [-0.2, 0) is 6.42 Å². The van der Waals surface area contributed by atoms with E-state index in [9.17, 15) is 9.59 Å². The Morgan fingerprint density at radius 3 is 2.72 bits per heavy atom. The minimum absolute atomic E-state index is 0.128. The van der Waals surface area contributed by atoms with Gasteiger partial charge >= 0.3 is 0 Å². The molecule has 0 radical (unpaired) electrons. The number of anilines is 1. The van der Waals surface area contributed by atoms with Gasteiger partial charge in [0.25, 0.3) is 17.5 Å². The fourth-order valence-electron chi connectivity index (χ4n) is 2.45. The lowest BCUT2D eigenvalue weighted by Crippen LogP contribution is -2.22. The van der Waals surface area contributed by atoms with E-state index in [0.717, 1.165) is 11.1 Å². The number of fused-ring (bicyclic) bond motifs is 1. The number of pyridine rings is 1. The summed E-state index contributed by atoms with van der Waals surface area (Å²) in [5.74, 6) is -0.441. The SMILES string of the molecule is CCc1noc2ncc(C(=O)Nc3cccc(C(=O)N(C)C)c3)cc12. The Morgan fingerprint density at radius 2 is 2.00 bits per heavy atom. The van der Waals surface area contributed by atoms with Crippen LogP contribution in [0.5, 0.6) is 0 Å². The molecule has 0 aliphatic carbocycles. The number of benzene rings is 1. The number of aromatic nitrogens is 2. The van der Waals surface area contributed by atoms with E-state index in [1.165, 1.54) is 11.1 Å². The number of carbonyl (C=O) groups excluding carboxylic acids is 2. The Bertz CT molecular complexity index is 946. The zero-order valence-electron chi connectivity index (χ0n) is 14.2. The largest absolute Gasteiger partial charge is 0.345 e. The first-order valence-electron chi connectivity index (χ1n) is 7.87. The fraction of sp³-hybridized carbons (Fsp3) is 0.222. The van der Waals surface area contributed by atoms with Gasteiger partial charge in [-0.2, -0.15) is 0 Å². The third-order valence-electron chi connectivity index (χ3n) is 3.77. The van der Waals surface area contributed by atoms with Crippen molar-refractivity contribution >= 4 is 28.6 Å². The first kappa shape index (κ1) is 16.6. The summed E-state index contributed by atoms with van der Waals surface area (Å²) < 4.78 is 5.12. The van der Waals surface area contributed by atoms with Gasteiger partial charge in [0.1, 0.15) is 0 Å². The summed E-state index contributed by atoms with van der Waals surface area (Å²) in [6.07, 6.45) is 2.13. The summed E-state index contributed by atoms with van der Waals surface area (Å²) in [5.41, 5.74) is 2.61. The number of hydrogen-bond donors (Lipinski definition) is 1. The van der Waals surface area contributed by atoms with Crippen molar-refractivity contribution in [1.82, 2.24) is 15.0 Å². The molecular formula is C18H18N4O3. The van der Waals surface area contributed by atoms with Gasteiger partial charge in [0.2, 0.25) is 0 Å². The van der Waals surface area contributed by atoms with Crippen LogP contribution in [0.25, 0.3) is 11.1 Å². The van der Waals surface area contributed by atoms with Crippen molar-refractivity contribution in [2.45, 2.75) is 13.3 Å². The van der Waals surface area contributed by atoms with E-state index in [2.05, 4.69) is 15.5 Å². The van der Waals surface area contributed by atoms with Crippen LogP contribution in [0.2, 0.25) is 0 Å². The minimum Gasteiger partial charge on any atom is -0.345 e. The molecule has 2 aromatic heterocycles. The van der Waals surface area contributed by atoms with Crippen molar-refractivity contribution in [1.29, 1.82) is 0 Å². The Labute approximate surface area is 144 Å². The van der Waals surface area contributed by atoms with E-state index in [4.69, 9.17) is 4.52 Å². The van der Waals surface area contributed by atoms with E-state index >= 15 is 0 Å². The molecule has 0 spiro atoms. The van der Waals surface area contributed by atoms with Gasteiger partial charge in [0.15, 0.2) is 0 Å². The van der Waals surface area contributed by atoms with Crippen LogP contribution in [0.1, 0.15) is 33.3 Å². The molecule has 1 N–H and O–H groups in total. The maximum Gasteiger partial charge on any atom is 0.257 e. The number of nitrogens with one attached hydrogen (secondary N) is 1. The van der Waals surface area contributed by atoms with Crippen LogP contribution in [0.15, 0.2) is 41.1 Å². The molecule has 7 nitrogen and oxygen atoms in total. The van der Waals surface area contributed by atoms with Crippen molar-refractivity contribution < 1.29 is 14.1 Å². The zero-order valence-corrected chi connectivity index (χ0v) is 14.2. The molecular weight excluding hydrogens is 320 g/mol. The first-order chi connectivity index (χ1) is 12.0. The summed E-state index contributed by atoms with van der Waals surface area (Å²) in [6.45, 7) is 1.96. The van der Waals surface area contributed by atoms with E-state index in [1.54, 1.807) is 44.4 Å². The van der Waals surface area contributed by atoms with E-state index < -0.39 is 0 Å². The Kier molecular flexibility index (Phi) is 4.47. The van der Waals surface area contributed by atoms with Gasteiger partial charge in [-0.1, -0.05) is 18.1 Å². The minimum atomic E-state index is -0.313. The standard InChI is InChI=1S/C18H18N4O3/c1-4-15-14-9-12(10-19-17(14)25-21-15)16(23)20-13-7-5-6-11(8-13)18(24)22(2)3/h5-10H,4H2,1-3H3,(H,20,23). The summed E-state index contributed by atoms with van der Waals surface area (Å²) >= 11 is 0. The molecule has 3 rings (SSSR count). The van der Waals surface area contributed by atoms with Crippen LogP contribution >= 0.6 is 0 Å². The van der Waals surface area contributed by atoms with Gasteiger partial charge in [-0.15, -0.1) is 0 Å². The van der Waals surface area contributed by atoms with Crippen molar-refractivity contribution in [3.63, 3.8) is 0 Å². The first-order valence-corrected chi connectivity index (χ1v) is 7.87.